The van der Waals surface area contributed by atoms with E-state index in [0.29, 0.717) is 41.4 Å². The number of hydrogen-bond acceptors (Lipinski definition) is 10. The van der Waals surface area contributed by atoms with Crippen LogP contribution in [0.2, 0.25) is 0 Å². The van der Waals surface area contributed by atoms with Crippen LogP contribution in [0.1, 0.15) is 33.0 Å². The monoisotopic (exact) mass is 542 g/mol. The molecule has 210 valence electrons. The average molecular weight is 543 g/mol. The van der Waals surface area contributed by atoms with Crippen LogP contribution in [0.5, 0.6) is 5.75 Å². The van der Waals surface area contributed by atoms with Gasteiger partial charge >= 0.3 is 0 Å². The van der Waals surface area contributed by atoms with Gasteiger partial charge in [-0.2, -0.15) is 0 Å². The van der Waals surface area contributed by atoms with Crippen molar-refractivity contribution < 1.29 is 9.84 Å². The molecule has 0 bridgehead atoms. The molecule has 2 atom stereocenters. The van der Waals surface area contributed by atoms with Gasteiger partial charge in [-0.3, -0.25) is 4.90 Å². The summed E-state index contributed by atoms with van der Waals surface area (Å²) >= 11 is 0. The first-order chi connectivity index (χ1) is 19.4. The Bertz CT molecular complexity index is 1370. The van der Waals surface area contributed by atoms with Gasteiger partial charge in [-0.15, -0.1) is 10.2 Å². The van der Waals surface area contributed by atoms with Gasteiger partial charge in [-0.1, -0.05) is 31.9 Å². The van der Waals surface area contributed by atoms with E-state index >= 15 is 0 Å². The molecule has 0 aliphatic carbocycles. The van der Waals surface area contributed by atoms with Crippen molar-refractivity contribution in [2.24, 2.45) is 5.92 Å². The van der Waals surface area contributed by atoms with Crippen molar-refractivity contribution in [3.8, 4) is 28.8 Å². The predicted molar refractivity (Wildman–Crippen MR) is 157 cm³/mol. The summed E-state index contributed by atoms with van der Waals surface area (Å²) in [6, 6.07) is 11.6. The quantitative estimate of drug-likeness (QED) is 0.466. The maximum absolute atomic E-state index is 10.3. The van der Waals surface area contributed by atoms with Crippen LogP contribution in [-0.2, 0) is 4.74 Å². The van der Waals surface area contributed by atoms with Crippen LogP contribution in [0.15, 0.2) is 42.6 Å². The van der Waals surface area contributed by atoms with E-state index in [-0.39, 0.29) is 11.8 Å². The van der Waals surface area contributed by atoms with Crippen LogP contribution in [0.25, 0.3) is 11.3 Å². The highest BCUT2D eigenvalue weighted by molar-refractivity contribution is 5.74. The zero-order chi connectivity index (χ0) is 28.1. The second kappa shape index (κ2) is 12.5. The molecule has 0 saturated carbocycles. The van der Waals surface area contributed by atoms with Gasteiger partial charge in [-0.25, -0.2) is 9.97 Å². The Balaban J connectivity index is 1.29. The fourth-order valence-corrected chi connectivity index (χ4v) is 5.36. The van der Waals surface area contributed by atoms with Gasteiger partial charge < -0.3 is 25.4 Å². The smallest absolute Gasteiger partial charge is 0.206 e. The molecule has 2 aromatic heterocycles. The summed E-state index contributed by atoms with van der Waals surface area (Å²) < 4.78 is 5.67. The zero-order valence-electron chi connectivity index (χ0n) is 23.5. The first kappa shape index (κ1) is 27.6. The fourth-order valence-electron chi connectivity index (χ4n) is 5.36. The number of hydrogen-bond donors (Lipinski definition) is 2. The third-order valence-corrected chi connectivity index (χ3v) is 7.75. The highest BCUT2D eigenvalue weighted by atomic mass is 16.5. The predicted octanol–water partition coefficient (Wildman–Crippen LogP) is 3.03. The van der Waals surface area contributed by atoms with Gasteiger partial charge in [-0.05, 0) is 49.4 Å². The Morgan fingerprint density at radius 1 is 1.12 bits per heavy atom. The molecule has 10 heteroatoms. The molecule has 2 aliphatic heterocycles. The van der Waals surface area contributed by atoms with Crippen molar-refractivity contribution in [1.29, 1.82) is 0 Å². The van der Waals surface area contributed by atoms with E-state index in [2.05, 4.69) is 62.5 Å². The average Bonchev–Trinajstić information content (AvgIpc) is 3.15. The summed E-state index contributed by atoms with van der Waals surface area (Å²) in [5.41, 5.74) is 8.31. The number of para-hydroxylation sites is 1. The number of phenolic OH excluding ortho intramolecular Hbond substituents is 1. The molecule has 40 heavy (non-hydrogen) atoms. The van der Waals surface area contributed by atoms with E-state index in [1.54, 1.807) is 18.3 Å². The minimum Gasteiger partial charge on any atom is -0.507 e. The van der Waals surface area contributed by atoms with Crippen LogP contribution >= 0.6 is 0 Å². The Kier molecular flexibility index (Phi) is 8.63. The molecule has 0 radical (unpaired) electrons. The van der Waals surface area contributed by atoms with Crippen molar-refractivity contribution in [2.45, 2.75) is 39.3 Å². The molecule has 3 aromatic rings. The number of phenols is 1. The lowest BCUT2D eigenvalue weighted by atomic mass is 10.0. The second-order valence-electron chi connectivity index (χ2n) is 10.7. The van der Waals surface area contributed by atoms with Gasteiger partial charge in [0.1, 0.15) is 11.6 Å². The van der Waals surface area contributed by atoms with Gasteiger partial charge in [0.05, 0.1) is 31.1 Å². The van der Waals surface area contributed by atoms with Crippen LogP contribution in [-0.4, -0.2) is 88.2 Å². The summed E-state index contributed by atoms with van der Waals surface area (Å²) in [6.07, 6.45) is 2.70. The number of aromatic hydroxyl groups is 1. The molecule has 1 aromatic carbocycles. The van der Waals surface area contributed by atoms with Crippen LogP contribution in [0.3, 0.4) is 0 Å². The Morgan fingerprint density at radius 3 is 2.80 bits per heavy atom. The molecule has 2 saturated heterocycles. The number of morpholine rings is 1. The van der Waals surface area contributed by atoms with Crippen molar-refractivity contribution in [3.63, 3.8) is 0 Å². The Hall–Kier alpha value is -3.94. The summed E-state index contributed by atoms with van der Waals surface area (Å²) in [7, 11) is 0. The lowest BCUT2D eigenvalue weighted by Crippen LogP contribution is -2.48. The normalized spacial score (nSPS) is 20.2. The molecule has 2 fully saturated rings. The summed E-state index contributed by atoms with van der Waals surface area (Å²) in [5.74, 6) is 8.94. The van der Waals surface area contributed by atoms with Crippen molar-refractivity contribution in [1.82, 2.24) is 25.1 Å². The first-order valence-electron chi connectivity index (χ1n) is 14.0. The number of benzene rings is 1. The summed E-state index contributed by atoms with van der Waals surface area (Å²) in [5, 5.41) is 18.7. The van der Waals surface area contributed by atoms with E-state index in [1.165, 1.54) is 0 Å². The van der Waals surface area contributed by atoms with Crippen molar-refractivity contribution in [2.75, 3.05) is 61.5 Å². The van der Waals surface area contributed by atoms with Gasteiger partial charge in [0.2, 0.25) is 5.82 Å². The van der Waals surface area contributed by atoms with Crippen LogP contribution in [0, 0.1) is 17.8 Å². The molecule has 3 N–H and O–H groups in total. The molecule has 2 aliphatic rings. The van der Waals surface area contributed by atoms with Gasteiger partial charge in [0, 0.05) is 50.0 Å². The second-order valence-corrected chi connectivity index (χ2v) is 10.7. The number of rotatable bonds is 5. The Labute approximate surface area is 236 Å². The van der Waals surface area contributed by atoms with Crippen molar-refractivity contribution in [3.05, 3.63) is 48.4 Å². The topological polar surface area (TPSA) is 117 Å². The van der Waals surface area contributed by atoms with Gasteiger partial charge in [0.15, 0.2) is 5.82 Å². The third-order valence-electron chi connectivity index (χ3n) is 7.75. The van der Waals surface area contributed by atoms with E-state index in [1.807, 2.05) is 24.3 Å². The maximum Gasteiger partial charge on any atom is 0.206 e. The molecular weight excluding hydrogens is 504 g/mol. The lowest BCUT2D eigenvalue weighted by Gasteiger charge is -2.36. The number of nitrogens with zero attached hydrogens (tertiary/aromatic N) is 7. The van der Waals surface area contributed by atoms with E-state index in [0.717, 1.165) is 57.3 Å². The largest absolute Gasteiger partial charge is 0.507 e. The molecule has 0 amide bonds. The number of anilines is 3. The highest BCUT2D eigenvalue weighted by Gasteiger charge is 2.26. The fraction of sp³-hybridized carbons (Fsp3) is 0.467. The number of nitrogen functional groups attached to an aromatic ring is 1. The lowest BCUT2D eigenvalue weighted by molar-refractivity contribution is -0.0176. The molecule has 10 nitrogen and oxygen atoms in total. The molecule has 5 rings (SSSR count). The maximum atomic E-state index is 10.3. The third kappa shape index (κ3) is 6.27. The van der Waals surface area contributed by atoms with E-state index in [4.69, 9.17) is 15.5 Å². The molecule has 2 unspecified atom stereocenters. The minimum atomic E-state index is 0.163. The highest BCUT2D eigenvalue weighted by Crippen LogP contribution is 2.32. The van der Waals surface area contributed by atoms with E-state index in [9.17, 15) is 5.11 Å². The van der Waals surface area contributed by atoms with E-state index < -0.39 is 0 Å². The summed E-state index contributed by atoms with van der Waals surface area (Å²) in [4.78, 5) is 16.2. The molecule has 0 spiro atoms. The molecular formula is C30H38N8O2. The standard InChI is InChI=1S/C30H38N8O2/c1-21(2)26-20-40-18-17-36(26)13-6-9-28-32-12-10-29(33-28)38-16-15-37(14-11-22(38)3)25-19-24(34-35-30(25)31)23-7-4-5-8-27(23)39/h4-5,7-8,10,12,19,21-22,26,39H,11,13-18,20H2,1-3H3,(H2,31,35). The Morgan fingerprint density at radius 2 is 1.98 bits per heavy atom. The minimum absolute atomic E-state index is 0.163. The SMILES string of the molecule is CC(C)C1COCCN1CC#Cc1nccc(N2CCN(c3cc(-c4ccccc4O)nnc3N)CCC2C)n1. The summed E-state index contributed by atoms with van der Waals surface area (Å²) in [6.45, 7) is 12.0. The molecule has 4 heterocycles. The van der Waals surface area contributed by atoms with Crippen LogP contribution < -0.4 is 15.5 Å². The van der Waals surface area contributed by atoms with Crippen molar-refractivity contribution >= 4 is 17.3 Å². The van der Waals surface area contributed by atoms with Gasteiger partial charge in [0.25, 0.3) is 0 Å². The zero-order valence-corrected chi connectivity index (χ0v) is 23.5. The van der Waals surface area contributed by atoms with Crippen LogP contribution in [0.4, 0.5) is 17.3 Å². The first-order valence-corrected chi connectivity index (χ1v) is 14.0. The number of ether oxygens (including phenoxy) is 1. The number of aromatic nitrogens is 4. The number of nitrogens with two attached hydrogens (primary N) is 1.